The van der Waals surface area contributed by atoms with E-state index in [0.717, 1.165) is 31.1 Å². The molecule has 2 fully saturated rings. The lowest BCUT2D eigenvalue weighted by atomic mass is 9.87. The highest BCUT2D eigenvalue weighted by Gasteiger charge is 2.52. The minimum absolute atomic E-state index is 0.0359. The smallest absolute Gasteiger partial charge is 0.237 e. The summed E-state index contributed by atoms with van der Waals surface area (Å²) in [6.45, 7) is 0.354. The van der Waals surface area contributed by atoms with Crippen molar-refractivity contribution in [2.45, 2.75) is 56.3 Å². The van der Waals surface area contributed by atoms with Gasteiger partial charge in [-0.1, -0.05) is 6.07 Å². The van der Waals surface area contributed by atoms with E-state index in [2.05, 4.69) is 4.98 Å². The predicted octanol–water partition coefficient (Wildman–Crippen LogP) is 0.0765. The minimum Gasteiger partial charge on any atom is -0.390 e. The van der Waals surface area contributed by atoms with Crippen LogP contribution in [0.4, 0.5) is 0 Å². The van der Waals surface area contributed by atoms with Crippen molar-refractivity contribution in [2.75, 3.05) is 19.3 Å². The van der Waals surface area contributed by atoms with Gasteiger partial charge in [-0.3, -0.25) is 14.7 Å². The normalized spacial score (nSPS) is 27.0. The Bertz CT molecular complexity index is 769. The SMILES string of the molecule is CS(=O)(=O)N(Cc1cccnc1)CC(O)CN1[C@@H]2CCC[C@@]1(C(N)=O)CC2. The Hall–Kier alpha value is -1.55. The van der Waals surface area contributed by atoms with E-state index in [9.17, 15) is 18.3 Å². The molecular formula is C18H28N4O4S. The number of carbonyl (C=O) groups is 1. The van der Waals surface area contributed by atoms with Crippen LogP contribution in [0, 0.1) is 0 Å². The van der Waals surface area contributed by atoms with Crippen molar-refractivity contribution in [3.63, 3.8) is 0 Å². The van der Waals surface area contributed by atoms with E-state index in [1.54, 1.807) is 24.5 Å². The van der Waals surface area contributed by atoms with Gasteiger partial charge in [-0.25, -0.2) is 8.42 Å². The number of rotatable bonds is 8. The predicted molar refractivity (Wildman–Crippen MR) is 101 cm³/mol. The lowest BCUT2D eigenvalue weighted by Crippen LogP contribution is -2.60. The average Bonchev–Trinajstić information content (AvgIpc) is 2.79. The summed E-state index contributed by atoms with van der Waals surface area (Å²) in [5.74, 6) is -0.341. The van der Waals surface area contributed by atoms with Crippen molar-refractivity contribution >= 4 is 15.9 Å². The fraction of sp³-hybridized carbons (Fsp3) is 0.667. The van der Waals surface area contributed by atoms with Crippen LogP contribution in [0.5, 0.6) is 0 Å². The standard InChI is InChI=1S/C18H28N4O4S/c1-27(25,26)21(11-14-4-3-9-20-10-14)12-16(23)13-22-15-5-2-7-18(22,8-6-15)17(19)24/h3-4,9-10,15-16,23H,2,5-8,11-13H2,1H3,(H2,19,24)/t15-,16?,18+/m1/s1. The van der Waals surface area contributed by atoms with Crippen LogP contribution in [-0.2, 0) is 21.4 Å². The zero-order valence-corrected chi connectivity index (χ0v) is 16.4. The maximum Gasteiger partial charge on any atom is 0.237 e. The van der Waals surface area contributed by atoms with Gasteiger partial charge >= 0.3 is 0 Å². The molecule has 0 saturated carbocycles. The molecule has 0 radical (unpaired) electrons. The number of aromatic nitrogens is 1. The Morgan fingerprint density at radius 1 is 1.48 bits per heavy atom. The first-order chi connectivity index (χ1) is 12.7. The van der Waals surface area contributed by atoms with Crippen LogP contribution in [0.2, 0.25) is 0 Å². The second-order valence-corrected chi connectivity index (χ2v) is 9.69. The summed E-state index contributed by atoms with van der Waals surface area (Å²) in [6.07, 6.45) is 7.70. The molecule has 3 N–H and O–H groups in total. The van der Waals surface area contributed by atoms with Crippen LogP contribution in [0.15, 0.2) is 24.5 Å². The lowest BCUT2D eigenvalue weighted by Gasteiger charge is -2.43. The maximum atomic E-state index is 12.2. The number of nitrogens with zero attached hydrogens (tertiary/aromatic N) is 3. The molecule has 1 aromatic rings. The van der Waals surface area contributed by atoms with E-state index in [0.29, 0.717) is 12.8 Å². The first-order valence-corrected chi connectivity index (χ1v) is 11.2. The molecule has 1 unspecified atom stereocenters. The molecule has 2 aliphatic rings. The number of sulfonamides is 1. The Balaban J connectivity index is 1.71. The number of nitrogens with two attached hydrogens (primary N) is 1. The summed E-state index contributed by atoms with van der Waals surface area (Å²) >= 11 is 0. The van der Waals surface area contributed by atoms with E-state index in [-0.39, 0.29) is 31.6 Å². The topological polar surface area (TPSA) is 117 Å². The molecule has 150 valence electrons. The van der Waals surface area contributed by atoms with Gasteiger partial charge in [0.15, 0.2) is 0 Å². The Morgan fingerprint density at radius 3 is 2.89 bits per heavy atom. The fourth-order valence-corrected chi connectivity index (χ4v) is 5.32. The summed E-state index contributed by atoms with van der Waals surface area (Å²) < 4.78 is 25.6. The van der Waals surface area contributed by atoms with Gasteiger partial charge in [0.05, 0.1) is 12.4 Å². The third-order valence-electron chi connectivity index (χ3n) is 5.84. The van der Waals surface area contributed by atoms with Crippen LogP contribution in [0.25, 0.3) is 0 Å². The van der Waals surface area contributed by atoms with E-state index < -0.39 is 21.7 Å². The van der Waals surface area contributed by atoms with Gasteiger partial charge in [0, 0.05) is 38.1 Å². The Labute approximate surface area is 160 Å². The molecule has 9 heteroatoms. The van der Waals surface area contributed by atoms with Crippen LogP contribution in [0.1, 0.15) is 37.7 Å². The monoisotopic (exact) mass is 396 g/mol. The third-order valence-corrected chi connectivity index (χ3v) is 7.06. The average molecular weight is 397 g/mol. The fourth-order valence-electron chi connectivity index (χ4n) is 4.50. The molecule has 3 heterocycles. The second kappa shape index (κ2) is 7.83. The molecule has 1 amide bonds. The number of aliphatic hydroxyl groups is 1. The highest BCUT2D eigenvalue weighted by Crippen LogP contribution is 2.44. The minimum atomic E-state index is -3.51. The van der Waals surface area contributed by atoms with E-state index in [1.165, 1.54) is 4.31 Å². The van der Waals surface area contributed by atoms with Gasteiger partial charge < -0.3 is 10.8 Å². The number of hydrogen-bond donors (Lipinski definition) is 2. The first kappa shape index (κ1) is 20.2. The first-order valence-electron chi connectivity index (χ1n) is 9.31. The highest BCUT2D eigenvalue weighted by atomic mass is 32.2. The van der Waals surface area contributed by atoms with E-state index in [1.807, 2.05) is 4.90 Å². The van der Waals surface area contributed by atoms with Crippen molar-refractivity contribution in [1.29, 1.82) is 0 Å². The van der Waals surface area contributed by atoms with Gasteiger partial charge in [0.1, 0.15) is 5.54 Å². The molecule has 2 bridgehead atoms. The van der Waals surface area contributed by atoms with Gasteiger partial charge in [-0.15, -0.1) is 0 Å². The number of pyridine rings is 1. The van der Waals surface area contributed by atoms with Gasteiger partial charge in [0.25, 0.3) is 0 Å². The highest BCUT2D eigenvalue weighted by molar-refractivity contribution is 7.88. The van der Waals surface area contributed by atoms with Crippen LogP contribution in [0.3, 0.4) is 0 Å². The largest absolute Gasteiger partial charge is 0.390 e. The van der Waals surface area contributed by atoms with Gasteiger partial charge in [-0.05, 0) is 43.7 Å². The summed E-state index contributed by atoms with van der Waals surface area (Å²) in [6, 6.07) is 3.77. The third kappa shape index (κ3) is 4.31. The number of piperidine rings is 1. The van der Waals surface area contributed by atoms with Gasteiger partial charge in [-0.2, -0.15) is 4.31 Å². The summed E-state index contributed by atoms with van der Waals surface area (Å²) in [5.41, 5.74) is 5.76. The Morgan fingerprint density at radius 2 is 2.26 bits per heavy atom. The second-order valence-electron chi connectivity index (χ2n) is 7.70. The molecular weight excluding hydrogens is 368 g/mol. The molecule has 27 heavy (non-hydrogen) atoms. The number of carbonyl (C=O) groups excluding carboxylic acids is 1. The molecule has 2 saturated heterocycles. The lowest BCUT2D eigenvalue weighted by molar-refractivity contribution is -0.132. The zero-order chi connectivity index (χ0) is 19.7. The molecule has 2 aliphatic heterocycles. The molecule has 1 aromatic heterocycles. The van der Waals surface area contributed by atoms with E-state index >= 15 is 0 Å². The molecule has 3 atom stereocenters. The van der Waals surface area contributed by atoms with Crippen molar-refractivity contribution in [3.05, 3.63) is 30.1 Å². The van der Waals surface area contributed by atoms with Crippen molar-refractivity contribution < 1.29 is 18.3 Å². The molecule has 0 aliphatic carbocycles. The van der Waals surface area contributed by atoms with E-state index in [4.69, 9.17) is 5.73 Å². The number of amides is 1. The number of aliphatic hydroxyl groups excluding tert-OH is 1. The number of hydrogen-bond acceptors (Lipinski definition) is 6. The number of primary amides is 1. The summed E-state index contributed by atoms with van der Waals surface area (Å²) in [4.78, 5) is 18.2. The molecule has 3 rings (SSSR count). The quantitative estimate of drug-likeness (QED) is 0.643. The number of fused-ring (bicyclic) bond motifs is 2. The molecule has 0 spiro atoms. The van der Waals surface area contributed by atoms with Crippen LogP contribution in [-0.4, -0.2) is 70.7 Å². The Kier molecular flexibility index (Phi) is 5.85. The number of β-amino-alcohol motifs (C(OH)–C–C–N with tert-alkyl or cyclic N) is 1. The molecule has 8 nitrogen and oxygen atoms in total. The van der Waals surface area contributed by atoms with Gasteiger partial charge in [0.2, 0.25) is 15.9 Å². The van der Waals surface area contributed by atoms with Crippen LogP contribution >= 0.6 is 0 Å². The maximum absolute atomic E-state index is 12.2. The zero-order valence-electron chi connectivity index (χ0n) is 15.6. The summed E-state index contributed by atoms with van der Waals surface area (Å²) in [5, 5.41) is 10.7. The van der Waals surface area contributed by atoms with Crippen molar-refractivity contribution in [2.24, 2.45) is 5.73 Å². The van der Waals surface area contributed by atoms with Crippen molar-refractivity contribution in [3.8, 4) is 0 Å². The van der Waals surface area contributed by atoms with Crippen molar-refractivity contribution in [1.82, 2.24) is 14.2 Å². The summed E-state index contributed by atoms with van der Waals surface area (Å²) in [7, 11) is -3.51. The molecule has 0 aromatic carbocycles. The van der Waals surface area contributed by atoms with Crippen LogP contribution < -0.4 is 5.73 Å².